The van der Waals surface area contributed by atoms with E-state index in [1.165, 1.54) is 24.8 Å². The summed E-state index contributed by atoms with van der Waals surface area (Å²) in [5, 5.41) is 6.77. The van der Waals surface area contributed by atoms with Gasteiger partial charge in [0.1, 0.15) is 0 Å². The third-order valence-corrected chi connectivity index (χ3v) is 8.17. The number of urea groups is 1. The number of hydrogen-bond acceptors (Lipinski definition) is 1. The Labute approximate surface area is 192 Å². The van der Waals surface area contributed by atoms with Crippen molar-refractivity contribution in [3.8, 4) is 0 Å². The lowest BCUT2D eigenvalue weighted by molar-refractivity contribution is 0.0281. The number of halogens is 1. The zero-order valence-corrected chi connectivity index (χ0v) is 20.0. The lowest BCUT2D eigenvalue weighted by Gasteiger charge is -2.55. The van der Waals surface area contributed by atoms with E-state index in [1.807, 2.05) is 12.1 Å². The van der Waals surface area contributed by atoms with E-state index in [-0.39, 0.29) is 16.9 Å². The maximum Gasteiger partial charge on any atom is 0.319 e. The van der Waals surface area contributed by atoms with Crippen LogP contribution in [-0.2, 0) is 11.8 Å². The highest BCUT2D eigenvalue weighted by Gasteiger charge is 2.51. The highest BCUT2D eigenvalue weighted by atomic mass is 35.5. The molecule has 2 aromatic rings. The van der Waals surface area contributed by atoms with Gasteiger partial charge in [0.15, 0.2) is 0 Å². The molecule has 4 rings (SSSR count). The van der Waals surface area contributed by atoms with E-state index in [2.05, 4.69) is 56.5 Å². The van der Waals surface area contributed by atoms with Crippen LogP contribution in [0.3, 0.4) is 0 Å². The van der Waals surface area contributed by atoms with E-state index in [0.29, 0.717) is 23.4 Å². The molecule has 2 aromatic carbocycles. The van der Waals surface area contributed by atoms with Crippen LogP contribution in [0.15, 0.2) is 42.5 Å². The number of amides is 2. The van der Waals surface area contributed by atoms with E-state index in [4.69, 9.17) is 11.6 Å². The fourth-order valence-electron chi connectivity index (χ4n) is 6.21. The molecule has 0 unspecified atom stereocenters. The van der Waals surface area contributed by atoms with Crippen LogP contribution in [0.2, 0.25) is 5.02 Å². The van der Waals surface area contributed by atoms with Crippen molar-refractivity contribution in [1.82, 2.24) is 5.32 Å². The van der Waals surface area contributed by atoms with Gasteiger partial charge in [0.25, 0.3) is 0 Å². The fourth-order valence-corrected chi connectivity index (χ4v) is 6.33. The van der Waals surface area contributed by atoms with Crippen molar-refractivity contribution < 1.29 is 4.79 Å². The maximum absolute atomic E-state index is 12.6. The Bertz CT molecular complexity index is 954. The van der Waals surface area contributed by atoms with Gasteiger partial charge in [0.05, 0.1) is 0 Å². The molecular weight excluding hydrogens is 404 g/mol. The lowest BCUT2D eigenvalue weighted by atomic mass is 9.49. The first kappa shape index (κ1) is 22.2. The molecule has 0 saturated heterocycles. The van der Waals surface area contributed by atoms with Crippen LogP contribution in [0, 0.1) is 11.3 Å². The second kappa shape index (κ2) is 8.50. The average molecular weight is 439 g/mol. The monoisotopic (exact) mass is 438 g/mol. The molecule has 4 heteroatoms. The Balaban J connectivity index is 1.49. The Hall–Kier alpha value is -2.00. The first-order chi connectivity index (χ1) is 14.7. The van der Waals surface area contributed by atoms with Crippen LogP contribution in [0.4, 0.5) is 10.5 Å². The zero-order valence-electron chi connectivity index (χ0n) is 19.2. The van der Waals surface area contributed by atoms with Crippen molar-refractivity contribution in [1.29, 1.82) is 0 Å². The summed E-state index contributed by atoms with van der Waals surface area (Å²) in [4.78, 5) is 12.6. The average Bonchev–Trinajstić information content (AvgIpc) is 2.73. The fraction of sp³-hybridized carbons (Fsp3) is 0.519. The van der Waals surface area contributed by atoms with Crippen molar-refractivity contribution in [2.45, 2.75) is 71.1 Å². The Morgan fingerprint density at radius 3 is 2.58 bits per heavy atom. The molecule has 2 aliphatic carbocycles. The molecule has 2 aliphatic rings. The third-order valence-electron chi connectivity index (χ3n) is 7.92. The first-order valence-corrected chi connectivity index (χ1v) is 12.0. The van der Waals surface area contributed by atoms with Crippen molar-refractivity contribution in [2.75, 3.05) is 11.9 Å². The lowest BCUT2D eigenvalue weighted by Crippen LogP contribution is -2.53. The molecule has 0 aliphatic heterocycles. The molecule has 31 heavy (non-hydrogen) atoms. The molecule has 3 nitrogen and oxygen atoms in total. The van der Waals surface area contributed by atoms with Crippen LogP contribution in [0.5, 0.6) is 0 Å². The molecule has 3 atom stereocenters. The largest absolute Gasteiger partial charge is 0.337 e. The molecule has 0 spiro atoms. The number of fused-ring (bicyclic) bond motifs is 3. The molecule has 2 N–H and O–H groups in total. The van der Waals surface area contributed by atoms with Gasteiger partial charge < -0.3 is 10.6 Å². The third kappa shape index (κ3) is 4.35. The van der Waals surface area contributed by atoms with Crippen molar-refractivity contribution in [3.05, 3.63) is 64.2 Å². The number of benzene rings is 2. The van der Waals surface area contributed by atoms with Crippen LogP contribution < -0.4 is 10.6 Å². The van der Waals surface area contributed by atoms with Crippen LogP contribution in [0.1, 0.15) is 76.0 Å². The summed E-state index contributed by atoms with van der Waals surface area (Å²) in [5.74, 6) is 1.14. The minimum absolute atomic E-state index is 0.0960. The SMILES string of the molecule is CC(C)c1ccc2c(c1)CC[C@H]1[C@](C)(CNC(=O)Nc3ccc(Cl)cc3)CCC[C@]21C. The number of nitrogens with one attached hydrogen (secondary N) is 2. The van der Waals surface area contributed by atoms with Gasteiger partial charge in [-0.25, -0.2) is 4.79 Å². The summed E-state index contributed by atoms with van der Waals surface area (Å²) in [6.45, 7) is 10.1. The summed E-state index contributed by atoms with van der Waals surface area (Å²) in [7, 11) is 0. The maximum atomic E-state index is 12.6. The predicted octanol–water partition coefficient (Wildman–Crippen LogP) is 7.30. The van der Waals surface area contributed by atoms with Crippen molar-refractivity contribution >= 4 is 23.3 Å². The van der Waals surface area contributed by atoms with Gasteiger partial charge in [-0.05, 0) is 89.3 Å². The molecule has 0 radical (unpaired) electrons. The van der Waals surface area contributed by atoms with Crippen LogP contribution in [-0.4, -0.2) is 12.6 Å². The first-order valence-electron chi connectivity index (χ1n) is 11.6. The van der Waals surface area contributed by atoms with E-state index >= 15 is 0 Å². The normalized spacial score (nSPS) is 27.4. The highest BCUT2D eigenvalue weighted by Crippen LogP contribution is 2.57. The molecule has 0 aromatic heterocycles. The number of anilines is 1. The minimum Gasteiger partial charge on any atom is -0.337 e. The van der Waals surface area contributed by atoms with Gasteiger partial charge in [-0.3, -0.25) is 0 Å². The zero-order chi connectivity index (χ0) is 22.2. The number of aryl methyl sites for hydroxylation is 1. The Morgan fingerprint density at radius 1 is 1.13 bits per heavy atom. The van der Waals surface area contributed by atoms with E-state index < -0.39 is 0 Å². The molecule has 2 amide bonds. The number of rotatable bonds is 4. The molecular formula is C27H35ClN2O. The van der Waals surface area contributed by atoms with Crippen LogP contribution in [0.25, 0.3) is 0 Å². The quantitative estimate of drug-likeness (QED) is 0.516. The molecule has 1 saturated carbocycles. The summed E-state index contributed by atoms with van der Waals surface area (Å²) >= 11 is 5.94. The number of hydrogen-bond donors (Lipinski definition) is 2. The second-order valence-corrected chi connectivity index (χ2v) is 10.8. The van der Waals surface area contributed by atoms with Gasteiger partial charge in [0, 0.05) is 17.3 Å². The van der Waals surface area contributed by atoms with Crippen molar-refractivity contribution in [3.63, 3.8) is 0 Å². The number of carbonyl (C=O) groups is 1. The van der Waals surface area contributed by atoms with Crippen molar-refractivity contribution in [2.24, 2.45) is 11.3 Å². The Morgan fingerprint density at radius 2 is 1.87 bits per heavy atom. The minimum atomic E-state index is -0.145. The van der Waals surface area contributed by atoms with Gasteiger partial charge >= 0.3 is 6.03 Å². The van der Waals surface area contributed by atoms with Gasteiger partial charge in [-0.15, -0.1) is 0 Å². The summed E-state index contributed by atoms with van der Waals surface area (Å²) in [6, 6.07) is 14.3. The smallest absolute Gasteiger partial charge is 0.319 e. The standard InChI is InChI=1S/C27H35ClN2O/c1-18(2)19-6-12-23-20(16-19)7-13-24-26(3,14-5-15-27(23,24)4)17-29-25(31)30-22-10-8-21(28)9-11-22/h6,8-12,16,18,24H,5,7,13-15,17H2,1-4H3,(H2,29,30,31)/t24-,26-,27+/m0/s1. The topological polar surface area (TPSA) is 41.1 Å². The molecule has 0 heterocycles. The van der Waals surface area contributed by atoms with Gasteiger partial charge in [-0.1, -0.05) is 63.9 Å². The highest BCUT2D eigenvalue weighted by molar-refractivity contribution is 6.30. The van der Waals surface area contributed by atoms with Crippen LogP contribution >= 0.6 is 11.6 Å². The van der Waals surface area contributed by atoms with E-state index in [1.54, 1.807) is 23.3 Å². The van der Waals surface area contributed by atoms with E-state index in [9.17, 15) is 4.79 Å². The summed E-state index contributed by atoms with van der Waals surface area (Å²) < 4.78 is 0. The second-order valence-electron chi connectivity index (χ2n) is 10.4. The summed E-state index contributed by atoms with van der Waals surface area (Å²) in [6.07, 6.45) is 5.94. The summed E-state index contributed by atoms with van der Waals surface area (Å²) in [5.41, 5.74) is 5.57. The number of carbonyl (C=O) groups excluding carboxylic acids is 1. The predicted molar refractivity (Wildman–Crippen MR) is 130 cm³/mol. The molecule has 1 fully saturated rings. The van der Waals surface area contributed by atoms with Gasteiger partial charge in [-0.2, -0.15) is 0 Å². The molecule has 0 bridgehead atoms. The van der Waals surface area contributed by atoms with E-state index in [0.717, 1.165) is 18.5 Å². The molecule has 166 valence electrons. The Kier molecular flexibility index (Phi) is 6.09. The van der Waals surface area contributed by atoms with Gasteiger partial charge in [0.2, 0.25) is 0 Å².